The van der Waals surface area contributed by atoms with E-state index in [0.29, 0.717) is 32.2 Å². The Bertz CT molecular complexity index is 785. The summed E-state index contributed by atoms with van der Waals surface area (Å²) in [7, 11) is 1.80. The van der Waals surface area contributed by atoms with Gasteiger partial charge in [-0.05, 0) is 43.0 Å². The summed E-state index contributed by atoms with van der Waals surface area (Å²) in [5.41, 5.74) is 3.99. The molecule has 0 spiro atoms. The zero-order valence-corrected chi connectivity index (χ0v) is 15.6. The molecule has 2 aliphatic rings. The van der Waals surface area contributed by atoms with Crippen molar-refractivity contribution in [3.05, 3.63) is 29.3 Å². The third-order valence-electron chi connectivity index (χ3n) is 5.08. The second-order valence-electron chi connectivity index (χ2n) is 7.21. The minimum atomic E-state index is 0.00749. The van der Waals surface area contributed by atoms with Crippen molar-refractivity contribution in [2.45, 2.75) is 46.0 Å². The number of nitrogens with zero attached hydrogens (tertiary/aromatic N) is 3. The van der Waals surface area contributed by atoms with E-state index in [1.807, 2.05) is 19.1 Å². The van der Waals surface area contributed by atoms with E-state index in [2.05, 4.69) is 11.2 Å². The van der Waals surface area contributed by atoms with Crippen LogP contribution in [0.3, 0.4) is 0 Å². The summed E-state index contributed by atoms with van der Waals surface area (Å²) < 4.78 is 0. The minimum absolute atomic E-state index is 0.00749. The second kappa shape index (κ2) is 7.40. The molecule has 0 fully saturated rings. The fourth-order valence-electron chi connectivity index (χ4n) is 3.56. The number of hydrogen-bond donors (Lipinski definition) is 0. The van der Waals surface area contributed by atoms with E-state index in [4.69, 9.17) is 0 Å². The van der Waals surface area contributed by atoms with Gasteiger partial charge >= 0.3 is 0 Å². The summed E-state index contributed by atoms with van der Waals surface area (Å²) in [5, 5.41) is 6.11. The van der Waals surface area contributed by atoms with Gasteiger partial charge in [0, 0.05) is 44.5 Å². The van der Waals surface area contributed by atoms with E-state index in [-0.39, 0.29) is 23.5 Å². The Morgan fingerprint density at radius 1 is 1.23 bits per heavy atom. The average molecular weight is 355 g/mol. The average Bonchev–Trinajstić information content (AvgIpc) is 2.59. The molecule has 0 radical (unpaired) electrons. The van der Waals surface area contributed by atoms with Gasteiger partial charge in [0.2, 0.25) is 11.8 Å². The third kappa shape index (κ3) is 3.69. The number of carbonyl (C=O) groups is 3. The molecule has 2 heterocycles. The molecule has 1 aromatic rings. The van der Waals surface area contributed by atoms with E-state index in [1.54, 1.807) is 18.9 Å². The maximum atomic E-state index is 12.3. The van der Waals surface area contributed by atoms with Gasteiger partial charge in [-0.15, -0.1) is 0 Å². The van der Waals surface area contributed by atoms with Crippen LogP contribution in [0.4, 0.5) is 5.69 Å². The Hall–Kier alpha value is -2.50. The Balaban J connectivity index is 1.85. The van der Waals surface area contributed by atoms with Crippen molar-refractivity contribution < 1.29 is 14.4 Å². The van der Waals surface area contributed by atoms with Crippen molar-refractivity contribution in [1.82, 2.24) is 5.01 Å². The van der Waals surface area contributed by atoms with Crippen molar-refractivity contribution in [1.29, 1.82) is 0 Å². The number of hydrazone groups is 1. The van der Waals surface area contributed by atoms with Crippen LogP contribution in [0.15, 0.2) is 23.3 Å². The van der Waals surface area contributed by atoms with E-state index < -0.39 is 0 Å². The molecule has 0 bridgehead atoms. The van der Waals surface area contributed by atoms with E-state index in [0.717, 1.165) is 28.9 Å². The van der Waals surface area contributed by atoms with Crippen molar-refractivity contribution in [2.75, 3.05) is 18.5 Å². The van der Waals surface area contributed by atoms with Crippen molar-refractivity contribution >= 4 is 29.0 Å². The van der Waals surface area contributed by atoms with Crippen LogP contribution in [0.5, 0.6) is 0 Å². The fraction of sp³-hybridized carbons (Fsp3) is 0.500. The number of aryl methyl sites for hydroxylation is 1. The Morgan fingerprint density at radius 3 is 2.73 bits per heavy atom. The number of carbonyl (C=O) groups excluding carboxylic acids is 3. The predicted molar refractivity (Wildman–Crippen MR) is 100 cm³/mol. The predicted octanol–water partition coefficient (Wildman–Crippen LogP) is 2.54. The molecule has 0 aromatic heterocycles. The quantitative estimate of drug-likeness (QED) is 0.815. The highest BCUT2D eigenvalue weighted by molar-refractivity contribution is 6.06. The number of anilines is 1. The van der Waals surface area contributed by atoms with Crippen LogP contribution < -0.4 is 4.90 Å². The van der Waals surface area contributed by atoms with Crippen LogP contribution in [0.25, 0.3) is 0 Å². The van der Waals surface area contributed by atoms with Gasteiger partial charge in [0.1, 0.15) is 5.78 Å². The van der Waals surface area contributed by atoms with E-state index in [9.17, 15) is 14.4 Å². The molecule has 0 N–H and O–H groups in total. The highest BCUT2D eigenvalue weighted by Crippen LogP contribution is 2.30. The summed E-state index contributed by atoms with van der Waals surface area (Å²) in [6.45, 7) is 4.04. The first-order chi connectivity index (χ1) is 12.4. The molecule has 26 heavy (non-hydrogen) atoms. The molecule has 1 atom stereocenters. The van der Waals surface area contributed by atoms with E-state index in [1.165, 1.54) is 5.01 Å². The molecule has 1 unspecified atom stereocenters. The highest BCUT2D eigenvalue weighted by Gasteiger charge is 2.28. The molecule has 0 aliphatic carbocycles. The number of ketones is 1. The van der Waals surface area contributed by atoms with Crippen LogP contribution in [-0.4, -0.2) is 41.9 Å². The first-order valence-corrected chi connectivity index (χ1v) is 9.15. The normalized spacial score (nSPS) is 20.1. The van der Waals surface area contributed by atoms with Gasteiger partial charge in [-0.25, -0.2) is 5.01 Å². The topological polar surface area (TPSA) is 70.1 Å². The smallest absolute Gasteiger partial charge is 0.243 e. The molecule has 138 valence electrons. The second-order valence-corrected chi connectivity index (χ2v) is 7.21. The lowest BCUT2D eigenvalue weighted by Gasteiger charge is -2.29. The summed E-state index contributed by atoms with van der Waals surface area (Å²) >= 11 is 0. The molecular weight excluding hydrogens is 330 g/mol. The molecule has 6 nitrogen and oxygen atoms in total. The Kier molecular flexibility index (Phi) is 5.20. The van der Waals surface area contributed by atoms with Gasteiger partial charge in [0.05, 0.1) is 5.71 Å². The van der Waals surface area contributed by atoms with Crippen molar-refractivity contribution in [3.63, 3.8) is 0 Å². The number of amides is 2. The first-order valence-electron chi connectivity index (χ1n) is 9.15. The first kappa shape index (κ1) is 18.3. The van der Waals surface area contributed by atoms with Crippen molar-refractivity contribution in [3.8, 4) is 0 Å². The van der Waals surface area contributed by atoms with E-state index >= 15 is 0 Å². The maximum Gasteiger partial charge on any atom is 0.243 e. The SMILES string of the molecule is CC(=O)CCCN1N=C(c2ccc3c(c2)CCC(=O)N3C)C(C)CC1=O. The number of rotatable bonds is 5. The lowest BCUT2D eigenvalue weighted by atomic mass is 9.90. The number of Topliss-reactive ketones (excluding diaryl/α,β-unsaturated/α-hetero) is 1. The fourth-order valence-corrected chi connectivity index (χ4v) is 3.56. The van der Waals surface area contributed by atoms with Crippen LogP contribution >= 0.6 is 0 Å². The zero-order chi connectivity index (χ0) is 18.8. The minimum Gasteiger partial charge on any atom is -0.315 e. The molecule has 0 saturated carbocycles. The van der Waals surface area contributed by atoms with Gasteiger partial charge in [0.25, 0.3) is 0 Å². The van der Waals surface area contributed by atoms with Crippen LogP contribution in [-0.2, 0) is 20.8 Å². The lowest BCUT2D eigenvalue weighted by Crippen LogP contribution is -2.37. The summed E-state index contributed by atoms with van der Waals surface area (Å²) in [6.07, 6.45) is 2.76. The largest absolute Gasteiger partial charge is 0.315 e. The van der Waals surface area contributed by atoms with Gasteiger partial charge in [-0.1, -0.05) is 13.0 Å². The van der Waals surface area contributed by atoms with Gasteiger partial charge in [0.15, 0.2) is 0 Å². The third-order valence-corrected chi connectivity index (χ3v) is 5.08. The molecule has 6 heteroatoms. The summed E-state index contributed by atoms with van der Waals surface area (Å²) in [5.74, 6) is 0.317. The van der Waals surface area contributed by atoms with Crippen molar-refractivity contribution in [2.24, 2.45) is 11.0 Å². The molecule has 3 rings (SSSR count). The van der Waals surface area contributed by atoms with Gasteiger partial charge in [-0.3, -0.25) is 9.59 Å². The summed E-state index contributed by atoms with van der Waals surface area (Å²) in [4.78, 5) is 36.9. The number of hydrogen-bond acceptors (Lipinski definition) is 4. The Labute approximate surface area is 153 Å². The lowest BCUT2D eigenvalue weighted by molar-refractivity contribution is -0.133. The van der Waals surface area contributed by atoms with Crippen LogP contribution in [0, 0.1) is 5.92 Å². The molecule has 2 amide bonds. The van der Waals surface area contributed by atoms with Crippen LogP contribution in [0.2, 0.25) is 0 Å². The molecular formula is C20H25N3O3. The molecule has 2 aliphatic heterocycles. The van der Waals surface area contributed by atoms with Gasteiger partial charge in [-0.2, -0.15) is 5.10 Å². The number of benzene rings is 1. The number of fused-ring (bicyclic) bond motifs is 1. The van der Waals surface area contributed by atoms with Gasteiger partial charge < -0.3 is 9.69 Å². The molecule has 0 saturated heterocycles. The monoisotopic (exact) mass is 355 g/mol. The van der Waals surface area contributed by atoms with Crippen LogP contribution in [0.1, 0.15) is 50.7 Å². The maximum absolute atomic E-state index is 12.3. The highest BCUT2D eigenvalue weighted by atomic mass is 16.2. The zero-order valence-electron chi connectivity index (χ0n) is 15.6. The Morgan fingerprint density at radius 2 is 2.00 bits per heavy atom. The molecule has 1 aromatic carbocycles. The standard InChI is InChI=1S/C20H25N3O3/c1-13-11-19(26)23(10-4-5-14(2)24)21-20(13)16-6-8-17-15(12-16)7-9-18(25)22(17)3/h6,8,12-13H,4-5,7,9-11H2,1-3H3. The summed E-state index contributed by atoms with van der Waals surface area (Å²) in [6, 6.07) is 6.04.